The molecule has 0 spiro atoms. The average molecular weight is 331 g/mol. The van der Waals surface area contributed by atoms with Crippen molar-refractivity contribution in [3.63, 3.8) is 0 Å². The molecule has 1 fully saturated rings. The first kappa shape index (κ1) is 16.2. The van der Waals surface area contributed by atoms with Crippen molar-refractivity contribution in [2.45, 2.75) is 38.6 Å². The zero-order valence-corrected chi connectivity index (χ0v) is 14.4. The summed E-state index contributed by atoms with van der Waals surface area (Å²) in [4.78, 5) is 11.8. The Morgan fingerprint density at radius 3 is 2.57 bits per heavy atom. The summed E-state index contributed by atoms with van der Waals surface area (Å²) in [7, 11) is 0. The molecule has 1 aromatic carbocycles. The minimum absolute atomic E-state index is 0.310. The maximum atomic E-state index is 6.12. The second-order valence-electron chi connectivity index (χ2n) is 6.46. The van der Waals surface area contributed by atoms with Gasteiger partial charge in [0.2, 0.25) is 0 Å². The van der Waals surface area contributed by atoms with Crippen molar-refractivity contribution in [1.29, 1.82) is 0 Å². The van der Waals surface area contributed by atoms with Gasteiger partial charge in [0.05, 0.1) is 0 Å². The third-order valence-corrected chi connectivity index (χ3v) is 4.51. The Labute approximate surface area is 142 Å². The molecule has 122 valence electrons. The van der Waals surface area contributed by atoms with E-state index in [1.807, 2.05) is 24.3 Å². The Bertz CT molecular complexity index is 678. The summed E-state index contributed by atoms with van der Waals surface area (Å²) in [6.45, 7) is 6.20. The minimum atomic E-state index is 0.310. The Hall–Kier alpha value is -1.65. The molecule has 5 heteroatoms. The number of hydrogen-bond acceptors (Lipinski definition) is 4. The Kier molecular flexibility index (Phi) is 4.83. The third-order valence-electron chi connectivity index (χ3n) is 4.27. The molecule has 1 aliphatic rings. The maximum Gasteiger partial charge on any atom is 0.161 e. The molecule has 1 aliphatic heterocycles. The quantitative estimate of drug-likeness (QED) is 0.928. The van der Waals surface area contributed by atoms with Crippen LogP contribution in [0.5, 0.6) is 0 Å². The van der Waals surface area contributed by atoms with Gasteiger partial charge in [-0.2, -0.15) is 0 Å². The van der Waals surface area contributed by atoms with Gasteiger partial charge in [-0.25, -0.2) is 9.97 Å². The largest absolute Gasteiger partial charge is 0.356 e. The summed E-state index contributed by atoms with van der Waals surface area (Å²) in [5, 5.41) is 0.701. The van der Waals surface area contributed by atoms with Gasteiger partial charge in [-0.3, -0.25) is 0 Å². The highest BCUT2D eigenvalue weighted by molar-refractivity contribution is 6.30. The summed E-state index contributed by atoms with van der Waals surface area (Å²) in [5.41, 5.74) is 8.03. The average Bonchev–Trinajstić information content (AvgIpc) is 2.55. The number of piperidine rings is 1. The van der Waals surface area contributed by atoms with Crippen molar-refractivity contribution in [2.75, 3.05) is 18.0 Å². The molecule has 3 rings (SSSR count). The Morgan fingerprint density at radius 1 is 1.17 bits per heavy atom. The summed E-state index contributed by atoms with van der Waals surface area (Å²) in [5.74, 6) is 2.08. The number of halogens is 1. The predicted octanol–water partition coefficient (Wildman–Crippen LogP) is 3.85. The SMILES string of the molecule is CC(C)c1cc(N2CCC(N)CC2)nc(-c2cccc(Cl)c2)n1. The lowest BCUT2D eigenvalue weighted by molar-refractivity contribution is 0.498. The molecule has 4 nitrogen and oxygen atoms in total. The van der Waals surface area contributed by atoms with Gasteiger partial charge in [0.25, 0.3) is 0 Å². The molecule has 2 N–H and O–H groups in total. The molecule has 0 amide bonds. The van der Waals surface area contributed by atoms with Gasteiger partial charge in [-0.1, -0.05) is 37.6 Å². The fourth-order valence-corrected chi connectivity index (χ4v) is 2.99. The Morgan fingerprint density at radius 2 is 1.91 bits per heavy atom. The molecule has 0 unspecified atom stereocenters. The van der Waals surface area contributed by atoms with E-state index >= 15 is 0 Å². The van der Waals surface area contributed by atoms with E-state index < -0.39 is 0 Å². The van der Waals surface area contributed by atoms with Crippen molar-refractivity contribution in [2.24, 2.45) is 5.73 Å². The molecule has 1 saturated heterocycles. The molecule has 0 saturated carbocycles. The minimum Gasteiger partial charge on any atom is -0.356 e. The number of anilines is 1. The fraction of sp³-hybridized carbons (Fsp3) is 0.444. The first-order valence-corrected chi connectivity index (χ1v) is 8.56. The maximum absolute atomic E-state index is 6.12. The molecule has 23 heavy (non-hydrogen) atoms. The lowest BCUT2D eigenvalue weighted by Gasteiger charge is -2.31. The van der Waals surface area contributed by atoms with Crippen LogP contribution in [0.25, 0.3) is 11.4 Å². The monoisotopic (exact) mass is 330 g/mol. The molecule has 2 aromatic rings. The van der Waals surface area contributed by atoms with E-state index in [4.69, 9.17) is 27.3 Å². The van der Waals surface area contributed by atoms with E-state index in [0.717, 1.165) is 48.8 Å². The van der Waals surface area contributed by atoms with E-state index in [-0.39, 0.29) is 0 Å². The number of rotatable bonds is 3. The van der Waals surface area contributed by atoms with Crippen molar-refractivity contribution in [1.82, 2.24) is 9.97 Å². The fourth-order valence-electron chi connectivity index (χ4n) is 2.80. The van der Waals surface area contributed by atoms with Gasteiger partial charge in [0.1, 0.15) is 5.82 Å². The normalized spacial score (nSPS) is 16.1. The van der Waals surface area contributed by atoms with Gasteiger partial charge in [-0.15, -0.1) is 0 Å². The summed E-state index contributed by atoms with van der Waals surface area (Å²) < 4.78 is 0. The van der Waals surface area contributed by atoms with E-state index in [2.05, 4.69) is 24.8 Å². The summed E-state index contributed by atoms with van der Waals surface area (Å²) >= 11 is 6.12. The van der Waals surface area contributed by atoms with Crippen molar-refractivity contribution >= 4 is 17.4 Å². The number of hydrogen-bond donors (Lipinski definition) is 1. The molecule has 0 bridgehead atoms. The molecule has 0 atom stereocenters. The Balaban J connectivity index is 1.99. The van der Waals surface area contributed by atoms with Crippen LogP contribution in [0.3, 0.4) is 0 Å². The molecular formula is C18H23ClN4. The van der Waals surface area contributed by atoms with Crippen molar-refractivity contribution in [3.05, 3.63) is 41.0 Å². The molecule has 0 radical (unpaired) electrons. The highest BCUT2D eigenvalue weighted by Gasteiger charge is 2.19. The number of aromatic nitrogens is 2. The van der Waals surface area contributed by atoms with Crippen LogP contribution < -0.4 is 10.6 Å². The lowest BCUT2D eigenvalue weighted by Crippen LogP contribution is -2.40. The van der Waals surface area contributed by atoms with Crippen LogP contribution in [-0.4, -0.2) is 29.1 Å². The smallest absolute Gasteiger partial charge is 0.161 e. The first-order valence-electron chi connectivity index (χ1n) is 8.18. The van der Waals surface area contributed by atoms with Crippen LogP contribution in [0, 0.1) is 0 Å². The lowest BCUT2D eigenvalue weighted by atomic mass is 10.1. The standard InChI is InChI=1S/C18H23ClN4/c1-12(2)16-11-17(23-8-6-15(20)7-9-23)22-18(21-16)13-4-3-5-14(19)10-13/h3-5,10-12,15H,6-9,20H2,1-2H3. The van der Waals surface area contributed by atoms with Crippen LogP contribution in [0.1, 0.15) is 38.3 Å². The number of nitrogens with zero attached hydrogens (tertiary/aromatic N) is 3. The van der Waals surface area contributed by atoms with E-state index in [0.29, 0.717) is 17.0 Å². The molecule has 1 aromatic heterocycles. The van der Waals surface area contributed by atoms with Gasteiger partial charge in [-0.05, 0) is 30.9 Å². The van der Waals surface area contributed by atoms with Crippen LogP contribution in [0.15, 0.2) is 30.3 Å². The summed E-state index contributed by atoms with van der Waals surface area (Å²) in [6, 6.07) is 10.1. The molecule has 2 heterocycles. The van der Waals surface area contributed by atoms with E-state index in [1.165, 1.54) is 0 Å². The predicted molar refractivity (Wildman–Crippen MR) is 96.0 cm³/mol. The van der Waals surface area contributed by atoms with Gasteiger partial charge < -0.3 is 10.6 Å². The van der Waals surface area contributed by atoms with Crippen molar-refractivity contribution < 1.29 is 0 Å². The zero-order valence-electron chi connectivity index (χ0n) is 13.7. The van der Waals surface area contributed by atoms with Crippen molar-refractivity contribution in [3.8, 4) is 11.4 Å². The van der Waals surface area contributed by atoms with E-state index in [1.54, 1.807) is 0 Å². The topological polar surface area (TPSA) is 55.0 Å². The molecular weight excluding hydrogens is 308 g/mol. The van der Waals surface area contributed by atoms with Crippen LogP contribution in [0.2, 0.25) is 5.02 Å². The number of benzene rings is 1. The highest BCUT2D eigenvalue weighted by atomic mass is 35.5. The second kappa shape index (κ2) is 6.85. The van der Waals surface area contributed by atoms with Gasteiger partial charge in [0, 0.05) is 41.5 Å². The third kappa shape index (κ3) is 3.82. The van der Waals surface area contributed by atoms with Gasteiger partial charge >= 0.3 is 0 Å². The highest BCUT2D eigenvalue weighted by Crippen LogP contribution is 2.26. The zero-order chi connectivity index (χ0) is 16.4. The van der Waals surface area contributed by atoms with Crippen LogP contribution in [-0.2, 0) is 0 Å². The number of nitrogens with two attached hydrogens (primary N) is 1. The van der Waals surface area contributed by atoms with E-state index in [9.17, 15) is 0 Å². The summed E-state index contributed by atoms with van der Waals surface area (Å²) in [6.07, 6.45) is 2.01. The van der Waals surface area contributed by atoms with Crippen LogP contribution >= 0.6 is 11.6 Å². The first-order chi connectivity index (χ1) is 11.0. The van der Waals surface area contributed by atoms with Gasteiger partial charge in [0.15, 0.2) is 5.82 Å². The van der Waals surface area contributed by atoms with Crippen LogP contribution in [0.4, 0.5) is 5.82 Å². The molecule has 0 aliphatic carbocycles. The second-order valence-corrected chi connectivity index (χ2v) is 6.90.